The summed E-state index contributed by atoms with van der Waals surface area (Å²) in [6, 6.07) is 16.6. The van der Waals surface area contributed by atoms with Crippen LogP contribution in [0, 0.1) is 11.3 Å². The average molecular weight is 346 g/mol. The number of aromatic amines is 1. The molecule has 0 atom stereocenters. The molecule has 0 aliphatic carbocycles. The number of anilines is 1. The number of hydrogen-bond donors (Lipinski definition) is 2. The number of fused-ring (bicyclic) bond motifs is 1. The first kappa shape index (κ1) is 17.2. The first-order chi connectivity index (χ1) is 12.7. The number of benzene rings is 2. The van der Waals surface area contributed by atoms with E-state index in [9.17, 15) is 10.1 Å². The van der Waals surface area contributed by atoms with Crippen molar-refractivity contribution in [3.05, 3.63) is 66.1 Å². The fourth-order valence-electron chi connectivity index (χ4n) is 2.40. The molecule has 0 aliphatic rings. The van der Waals surface area contributed by atoms with Gasteiger partial charge in [0.1, 0.15) is 11.6 Å². The molecule has 130 valence electrons. The molecule has 2 N–H and O–H groups in total. The summed E-state index contributed by atoms with van der Waals surface area (Å²) in [5, 5.41) is 12.5. The van der Waals surface area contributed by atoms with Crippen LogP contribution in [0.1, 0.15) is 29.5 Å². The number of nitrogens with zero attached hydrogens (tertiary/aromatic N) is 2. The number of esters is 1. The van der Waals surface area contributed by atoms with E-state index in [4.69, 9.17) is 4.74 Å². The predicted octanol–water partition coefficient (Wildman–Crippen LogP) is 4.11. The zero-order valence-electron chi connectivity index (χ0n) is 14.3. The maximum absolute atomic E-state index is 11.9. The van der Waals surface area contributed by atoms with Crippen LogP contribution in [0.2, 0.25) is 0 Å². The lowest BCUT2D eigenvalue weighted by Gasteiger charge is -2.06. The molecule has 1 heterocycles. The maximum atomic E-state index is 11.9. The van der Waals surface area contributed by atoms with Crippen molar-refractivity contribution >= 4 is 28.3 Å². The molecule has 2 aromatic carbocycles. The van der Waals surface area contributed by atoms with Gasteiger partial charge in [0.2, 0.25) is 0 Å². The Kier molecular flexibility index (Phi) is 5.30. The molecule has 6 nitrogen and oxygen atoms in total. The summed E-state index contributed by atoms with van der Waals surface area (Å²) < 4.78 is 5.13. The Bertz CT molecular complexity index is 965. The van der Waals surface area contributed by atoms with E-state index in [1.54, 1.807) is 30.5 Å². The van der Waals surface area contributed by atoms with Crippen LogP contribution in [0.15, 0.2) is 54.7 Å². The Morgan fingerprint density at radius 3 is 2.92 bits per heavy atom. The second-order valence-corrected chi connectivity index (χ2v) is 5.63. The summed E-state index contributed by atoms with van der Waals surface area (Å²) in [4.78, 5) is 19.5. The number of nitriles is 1. The van der Waals surface area contributed by atoms with Crippen LogP contribution >= 0.6 is 0 Å². The van der Waals surface area contributed by atoms with Gasteiger partial charge in [-0.2, -0.15) is 5.26 Å². The molecule has 3 rings (SSSR count). The first-order valence-electron chi connectivity index (χ1n) is 8.30. The quantitative estimate of drug-likeness (QED) is 0.518. The second kappa shape index (κ2) is 7.99. The van der Waals surface area contributed by atoms with Crippen molar-refractivity contribution < 1.29 is 9.53 Å². The number of hydrogen-bond acceptors (Lipinski definition) is 5. The van der Waals surface area contributed by atoms with Crippen molar-refractivity contribution in [3.63, 3.8) is 0 Å². The smallest absolute Gasteiger partial charge is 0.338 e. The summed E-state index contributed by atoms with van der Waals surface area (Å²) in [7, 11) is 0. The number of para-hydroxylation sites is 2. The molecule has 0 aliphatic heterocycles. The molecule has 0 amide bonds. The summed E-state index contributed by atoms with van der Waals surface area (Å²) in [6.07, 6.45) is 2.34. The molecule has 26 heavy (non-hydrogen) atoms. The Labute approximate surface area is 151 Å². The van der Waals surface area contributed by atoms with Gasteiger partial charge < -0.3 is 15.0 Å². The van der Waals surface area contributed by atoms with E-state index in [1.807, 2.05) is 31.2 Å². The van der Waals surface area contributed by atoms with E-state index in [0.717, 1.165) is 17.5 Å². The van der Waals surface area contributed by atoms with Gasteiger partial charge in [-0.15, -0.1) is 0 Å². The Balaban J connectivity index is 1.79. The van der Waals surface area contributed by atoms with E-state index in [-0.39, 0.29) is 5.97 Å². The van der Waals surface area contributed by atoms with Gasteiger partial charge in [0.05, 0.1) is 23.2 Å². The highest BCUT2D eigenvalue weighted by Crippen LogP contribution is 2.18. The molecular weight excluding hydrogens is 328 g/mol. The topological polar surface area (TPSA) is 90.8 Å². The van der Waals surface area contributed by atoms with Gasteiger partial charge in [-0.1, -0.05) is 25.1 Å². The van der Waals surface area contributed by atoms with Crippen molar-refractivity contribution in [2.24, 2.45) is 0 Å². The van der Waals surface area contributed by atoms with Crippen LogP contribution in [0.25, 0.3) is 16.6 Å². The van der Waals surface area contributed by atoms with Gasteiger partial charge in [0.25, 0.3) is 0 Å². The lowest BCUT2D eigenvalue weighted by molar-refractivity contribution is 0.0505. The number of nitrogens with one attached hydrogen (secondary N) is 2. The van der Waals surface area contributed by atoms with Gasteiger partial charge in [-0.05, 0) is 36.8 Å². The van der Waals surface area contributed by atoms with E-state index >= 15 is 0 Å². The van der Waals surface area contributed by atoms with Crippen molar-refractivity contribution in [1.29, 1.82) is 5.26 Å². The van der Waals surface area contributed by atoms with Crippen LogP contribution < -0.4 is 5.32 Å². The Morgan fingerprint density at radius 2 is 2.15 bits per heavy atom. The molecule has 0 unspecified atom stereocenters. The average Bonchev–Trinajstić information content (AvgIpc) is 3.10. The molecule has 0 saturated carbocycles. The molecule has 6 heteroatoms. The number of H-pyrrole nitrogens is 1. The minimum atomic E-state index is -0.364. The standard InChI is InChI=1S/C20H18N4O2/c1-2-10-26-20(25)14-6-5-7-16(11-14)22-13-15(12-21)19-23-17-8-3-4-9-18(17)24-19/h3-9,11,13,22H,2,10H2,1H3,(H,23,24)/b15-13+. The summed E-state index contributed by atoms with van der Waals surface area (Å²) in [5.41, 5.74) is 3.16. The van der Waals surface area contributed by atoms with Crippen molar-refractivity contribution in [1.82, 2.24) is 9.97 Å². The van der Waals surface area contributed by atoms with Crippen molar-refractivity contribution in [2.75, 3.05) is 11.9 Å². The zero-order chi connectivity index (χ0) is 18.4. The lowest BCUT2D eigenvalue weighted by Crippen LogP contribution is -2.06. The van der Waals surface area contributed by atoms with E-state index in [0.29, 0.717) is 29.3 Å². The van der Waals surface area contributed by atoms with Crippen LogP contribution in [0.3, 0.4) is 0 Å². The number of ether oxygens (including phenoxy) is 1. The fraction of sp³-hybridized carbons (Fsp3) is 0.150. The third-order valence-corrected chi connectivity index (χ3v) is 3.68. The third kappa shape index (κ3) is 3.90. The van der Waals surface area contributed by atoms with E-state index in [2.05, 4.69) is 21.4 Å². The van der Waals surface area contributed by atoms with Gasteiger partial charge >= 0.3 is 5.97 Å². The largest absolute Gasteiger partial charge is 0.462 e. The van der Waals surface area contributed by atoms with Crippen LogP contribution in [0.5, 0.6) is 0 Å². The Hall–Kier alpha value is -3.59. The first-order valence-corrected chi connectivity index (χ1v) is 8.30. The molecule has 0 bridgehead atoms. The molecule has 0 fully saturated rings. The molecule has 0 radical (unpaired) electrons. The summed E-state index contributed by atoms with van der Waals surface area (Å²) >= 11 is 0. The molecular formula is C20H18N4O2. The maximum Gasteiger partial charge on any atom is 0.338 e. The SMILES string of the molecule is CCCOC(=O)c1cccc(N/C=C(\C#N)c2nc3ccccc3[nH]2)c1. The highest BCUT2D eigenvalue weighted by Gasteiger charge is 2.09. The highest BCUT2D eigenvalue weighted by atomic mass is 16.5. The summed E-state index contributed by atoms with van der Waals surface area (Å²) in [5.74, 6) is 0.122. The van der Waals surface area contributed by atoms with Gasteiger partial charge in [-0.25, -0.2) is 9.78 Å². The number of carbonyl (C=O) groups is 1. The van der Waals surface area contributed by atoms with Crippen LogP contribution in [0.4, 0.5) is 5.69 Å². The molecule has 1 aromatic heterocycles. The third-order valence-electron chi connectivity index (χ3n) is 3.68. The number of imidazole rings is 1. The number of aromatic nitrogens is 2. The monoisotopic (exact) mass is 346 g/mol. The molecule has 0 spiro atoms. The molecule has 3 aromatic rings. The molecule has 0 saturated heterocycles. The zero-order valence-corrected chi connectivity index (χ0v) is 14.3. The van der Waals surface area contributed by atoms with E-state index in [1.165, 1.54) is 0 Å². The normalized spacial score (nSPS) is 11.2. The van der Waals surface area contributed by atoms with Gasteiger partial charge in [0, 0.05) is 11.9 Å². The minimum Gasteiger partial charge on any atom is -0.462 e. The summed E-state index contributed by atoms with van der Waals surface area (Å²) in [6.45, 7) is 2.33. The van der Waals surface area contributed by atoms with E-state index < -0.39 is 0 Å². The van der Waals surface area contributed by atoms with Crippen LogP contribution in [-0.4, -0.2) is 22.5 Å². The van der Waals surface area contributed by atoms with Gasteiger partial charge in [0.15, 0.2) is 5.82 Å². The van der Waals surface area contributed by atoms with Crippen LogP contribution in [-0.2, 0) is 4.74 Å². The van der Waals surface area contributed by atoms with Gasteiger partial charge in [-0.3, -0.25) is 0 Å². The number of allylic oxidation sites excluding steroid dienone is 1. The van der Waals surface area contributed by atoms with Crippen molar-refractivity contribution in [2.45, 2.75) is 13.3 Å². The van der Waals surface area contributed by atoms with Crippen molar-refractivity contribution in [3.8, 4) is 6.07 Å². The fourth-order valence-corrected chi connectivity index (χ4v) is 2.40. The lowest BCUT2D eigenvalue weighted by atomic mass is 10.2. The Morgan fingerprint density at radius 1 is 1.31 bits per heavy atom. The number of rotatable bonds is 6. The number of carbonyl (C=O) groups excluding carboxylic acids is 1. The predicted molar refractivity (Wildman–Crippen MR) is 100 cm³/mol. The minimum absolute atomic E-state index is 0.361. The highest BCUT2D eigenvalue weighted by molar-refractivity contribution is 5.90. The second-order valence-electron chi connectivity index (χ2n) is 5.63.